The van der Waals surface area contributed by atoms with E-state index < -0.39 is 21.1 Å². The maximum absolute atomic E-state index is 6.20. The smallest absolute Gasteiger partial charge is 0.405 e. The molecule has 326 valence electrons. The highest BCUT2D eigenvalue weighted by atomic mass is 79.9. The average molecular weight is 917 g/mol. The number of fused-ring (bicyclic) bond motifs is 10. The van der Waals surface area contributed by atoms with Gasteiger partial charge in [0.15, 0.2) is 0 Å². The van der Waals surface area contributed by atoms with Crippen LogP contribution in [-0.4, -0.2) is 64.7 Å². The van der Waals surface area contributed by atoms with Crippen LogP contribution in [0.5, 0.6) is 0 Å². The van der Waals surface area contributed by atoms with E-state index in [-0.39, 0.29) is 33.6 Å². The molecular weight excluding hydrogens is 861 g/mol. The third-order valence-corrected chi connectivity index (χ3v) is 14.9. The first kappa shape index (κ1) is 44.8. The topological polar surface area (TPSA) is 81.2 Å². The SMILES string of the molecule is Brc1ccc2ccc3c4ccccc4ccc3c2n1.CC1(C)OB(B2OC(C)(C)C(C)(C)O2)OC1(C)C.CC1(C)OB(c2ccc3ccc4c5ccccc5ccc4c3n2)OC1(C)C. The number of rotatable bonds is 2. The summed E-state index contributed by atoms with van der Waals surface area (Å²) >= 11 is 3.46. The van der Waals surface area contributed by atoms with Crippen LogP contribution in [0.1, 0.15) is 83.1 Å². The first-order valence-corrected chi connectivity index (χ1v) is 23.0. The fourth-order valence-corrected chi connectivity index (χ4v) is 8.75. The van der Waals surface area contributed by atoms with Gasteiger partial charge in [-0.3, -0.25) is 4.98 Å². The summed E-state index contributed by atoms with van der Waals surface area (Å²) in [6.07, 6.45) is 0. The average Bonchev–Trinajstić information content (AvgIpc) is 3.72. The van der Waals surface area contributed by atoms with Gasteiger partial charge in [0, 0.05) is 21.5 Å². The number of halogens is 1. The van der Waals surface area contributed by atoms with Crippen molar-refractivity contribution < 1.29 is 27.9 Å². The molecule has 64 heavy (non-hydrogen) atoms. The Morgan fingerprint density at radius 2 is 0.688 bits per heavy atom. The van der Waals surface area contributed by atoms with Crippen LogP contribution in [0.15, 0.2) is 126 Å². The van der Waals surface area contributed by atoms with Gasteiger partial charge in [-0.2, -0.15) is 0 Å². The molecule has 0 N–H and O–H groups in total. The summed E-state index contributed by atoms with van der Waals surface area (Å²) in [6, 6.07) is 42.5. The van der Waals surface area contributed by atoms with Crippen LogP contribution in [0.4, 0.5) is 0 Å². The Labute approximate surface area is 386 Å². The zero-order valence-corrected chi connectivity index (χ0v) is 40.6. The van der Waals surface area contributed by atoms with E-state index in [1.54, 1.807) is 0 Å². The van der Waals surface area contributed by atoms with Crippen LogP contribution in [0.25, 0.3) is 64.9 Å². The van der Waals surface area contributed by atoms with E-state index in [2.05, 4.69) is 158 Å². The maximum atomic E-state index is 6.20. The van der Waals surface area contributed by atoms with Gasteiger partial charge in [-0.1, -0.05) is 109 Å². The molecule has 0 spiro atoms. The highest BCUT2D eigenvalue weighted by Crippen LogP contribution is 2.43. The van der Waals surface area contributed by atoms with Crippen LogP contribution < -0.4 is 5.59 Å². The molecule has 5 heterocycles. The molecule has 0 radical (unpaired) electrons. The summed E-state index contributed by atoms with van der Waals surface area (Å²) < 4.78 is 37.1. The Hall–Kier alpha value is -4.39. The molecule has 3 saturated heterocycles. The van der Waals surface area contributed by atoms with E-state index in [0.29, 0.717) is 0 Å². The minimum Gasteiger partial charge on any atom is -0.405 e. The van der Waals surface area contributed by atoms with Gasteiger partial charge in [0.2, 0.25) is 0 Å². The minimum absolute atomic E-state index is 0.360. The molecule has 0 amide bonds. The highest BCUT2D eigenvalue weighted by molar-refractivity contribution is 9.10. The van der Waals surface area contributed by atoms with E-state index in [1.165, 1.54) is 43.1 Å². The lowest BCUT2D eigenvalue weighted by Crippen LogP contribution is -2.41. The first-order valence-electron chi connectivity index (χ1n) is 22.2. The normalized spacial score (nSPS) is 20.2. The van der Waals surface area contributed by atoms with Crippen molar-refractivity contribution in [3.8, 4) is 0 Å². The molecule has 6 aromatic carbocycles. The Balaban J connectivity index is 0.000000125. The summed E-state index contributed by atoms with van der Waals surface area (Å²) in [5.74, 6) is 0. The lowest BCUT2D eigenvalue weighted by Gasteiger charge is -2.32. The first-order chi connectivity index (χ1) is 30.1. The molecule has 3 fully saturated rings. The molecule has 3 aliphatic heterocycles. The van der Waals surface area contributed by atoms with Crippen molar-refractivity contribution in [3.63, 3.8) is 0 Å². The van der Waals surface area contributed by atoms with E-state index >= 15 is 0 Å². The predicted octanol–water partition coefficient (Wildman–Crippen LogP) is 12.4. The summed E-state index contributed by atoms with van der Waals surface area (Å²) in [6.45, 7) is 24.5. The lowest BCUT2D eigenvalue weighted by atomic mass is 9.49. The summed E-state index contributed by atoms with van der Waals surface area (Å²) in [7, 11) is -1.40. The largest absolute Gasteiger partial charge is 0.514 e. The zero-order chi connectivity index (χ0) is 45.6. The fourth-order valence-electron chi connectivity index (χ4n) is 8.44. The van der Waals surface area contributed by atoms with Crippen LogP contribution in [-0.2, 0) is 27.9 Å². The monoisotopic (exact) mass is 916 g/mol. The van der Waals surface area contributed by atoms with Crippen molar-refractivity contribution in [2.24, 2.45) is 0 Å². The summed E-state index contributed by atoms with van der Waals surface area (Å²) in [5, 5.41) is 12.2. The predicted molar refractivity (Wildman–Crippen MR) is 269 cm³/mol. The second-order valence-corrected chi connectivity index (χ2v) is 21.1. The number of aromatic nitrogens is 2. The molecular formula is C52H56B3BrN2O6. The Morgan fingerprint density at radius 1 is 0.344 bits per heavy atom. The molecule has 3 aliphatic rings. The molecule has 0 saturated carbocycles. The molecule has 0 atom stereocenters. The number of hydrogen-bond acceptors (Lipinski definition) is 8. The number of pyridine rings is 2. The summed E-state index contributed by atoms with van der Waals surface area (Å²) in [4.78, 5) is 9.60. The van der Waals surface area contributed by atoms with Gasteiger partial charge in [-0.15, -0.1) is 0 Å². The van der Waals surface area contributed by atoms with Crippen molar-refractivity contribution in [2.45, 2.75) is 117 Å². The second kappa shape index (κ2) is 15.9. The van der Waals surface area contributed by atoms with Crippen LogP contribution in [0.2, 0.25) is 0 Å². The van der Waals surface area contributed by atoms with Gasteiger partial charge in [-0.25, -0.2) is 4.98 Å². The van der Waals surface area contributed by atoms with Gasteiger partial charge in [0.1, 0.15) is 4.60 Å². The van der Waals surface area contributed by atoms with Crippen LogP contribution in [0, 0.1) is 0 Å². The number of benzene rings is 6. The Bertz CT molecular complexity index is 3020. The standard InChI is InChI=1S/C23H22BNO2.C17H10BrN.C12H24B2O4/c1-22(2)23(3,4)27-24(26-22)20-14-11-16-10-12-18-17-8-6-5-7-15(17)9-13-19(18)21(16)25-20;18-16-10-7-12-6-8-14-13-4-2-1-3-11(13)5-9-15(14)17(12)19-16;1-9(2)10(3,4)16-13(15-9)14-17-11(5,6)12(7,8)18-14/h5-14H,1-4H3;1-10H;1-8H3. The van der Waals surface area contributed by atoms with Crippen LogP contribution >= 0.6 is 15.9 Å². The lowest BCUT2D eigenvalue weighted by molar-refractivity contribution is 0.00578. The van der Waals surface area contributed by atoms with Crippen molar-refractivity contribution >= 4 is 108 Å². The second-order valence-electron chi connectivity index (χ2n) is 20.2. The van der Waals surface area contributed by atoms with Crippen molar-refractivity contribution in [1.82, 2.24) is 9.97 Å². The molecule has 0 bridgehead atoms. The molecule has 8 nitrogen and oxygen atoms in total. The number of hydrogen-bond donors (Lipinski definition) is 0. The van der Waals surface area contributed by atoms with Crippen LogP contribution in [0.3, 0.4) is 0 Å². The van der Waals surface area contributed by atoms with Gasteiger partial charge in [-0.05, 0) is 143 Å². The van der Waals surface area contributed by atoms with E-state index in [0.717, 1.165) is 32.0 Å². The third kappa shape index (κ3) is 7.93. The van der Waals surface area contributed by atoms with E-state index in [9.17, 15) is 0 Å². The highest BCUT2D eigenvalue weighted by Gasteiger charge is 2.63. The fraction of sp³-hybridized carbons (Fsp3) is 0.346. The molecule has 8 aromatic rings. The Morgan fingerprint density at radius 3 is 1.14 bits per heavy atom. The number of nitrogens with zero attached hydrogens (tertiary/aromatic N) is 2. The quantitative estimate of drug-likeness (QED) is 0.0964. The maximum Gasteiger partial charge on any atom is 0.514 e. The van der Waals surface area contributed by atoms with Crippen molar-refractivity contribution in [1.29, 1.82) is 0 Å². The molecule has 0 aliphatic carbocycles. The third-order valence-electron chi connectivity index (χ3n) is 14.4. The van der Waals surface area contributed by atoms with Gasteiger partial charge in [0.05, 0.1) is 50.2 Å². The van der Waals surface area contributed by atoms with Gasteiger partial charge < -0.3 is 27.9 Å². The van der Waals surface area contributed by atoms with Gasteiger partial charge in [0.25, 0.3) is 0 Å². The zero-order valence-electron chi connectivity index (χ0n) is 39.0. The summed E-state index contributed by atoms with van der Waals surface area (Å²) in [5.41, 5.74) is 0.683. The Kier molecular flexibility index (Phi) is 11.1. The minimum atomic E-state index is -0.476. The molecule has 11 rings (SSSR count). The molecule has 2 aromatic heterocycles. The molecule has 12 heteroatoms. The molecule has 0 unspecified atom stereocenters. The van der Waals surface area contributed by atoms with Crippen molar-refractivity contribution in [2.75, 3.05) is 0 Å². The van der Waals surface area contributed by atoms with Gasteiger partial charge >= 0.3 is 21.1 Å². The van der Waals surface area contributed by atoms with E-state index in [4.69, 9.17) is 32.9 Å². The van der Waals surface area contributed by atoms with Crippen molar-refractivity contribution in [3.05, 3.63) is 126 Å². The van der Waals surface area contributed by atoms with E-state index in [1.807, 2.05) is 67.5 Å².